The Hall–Kier alpha value is -1.06. The molecule has 0 aliphatic rings. The highest BCUT2D eigenvalue weighted by atomic mass is 35.5. The third-order valence-corrected chi connectivity index (χ3v) is 2.55. The van der Waals surface area contributed by atoms with Gasteiger partial charge in [0.25, 0.3) is 0 Å². The fraction of sp³-hybridized carbons (Fsp3) is 0.364. The molecule has 3 nitrogen and oxygen atoms in total. The maximum atomic E-state index is 11.6. The van der Waals surface area contributed by atoms with Gasteiger partial charge in [0.2, 0.25) is 5.91 Å². The van der Waals surface area contributed by atoms with Gasteiger partial charge in [-0.05, 0) is 18.6 Å². The van der Waals surface area contributed by atoms with Crippen LogP contribution in [-0.2, 0) is 4.79 Å². The molecular weight excluding hydrogens is 214 g/mol. The minimum absolute atomic E-state index is 0.146. The molecule has 15 heavy (non-hydrogen) atoms. The van der Waals surface area contributed by atoms with Crippen LogP contribution in [0.3, 0.4) is 0 Å². The molecule has 0 bridgehead atoms. The summed E-state index contributed by atoms with van der Waals surface area (Å²) >= 11 is 5.88. The molecule has 2 N–H and O–H groups in total. The maximum Gasteiger partial charge on any atom is 0.229 e. The Morgan fingerprint density at radius 3 is 2.73 bits per heavy atom. The number of aliphatic hydroxyl groups is 1. The van der Waals surface area contributed by atoms with Crippen LogP contribution >= 0.6 is 11.6 Å². The fourth-order valence-corrected chi connectivity index (χ4v) is 1.38. The van der Waals surface area contributed by atoms with E-state index in [9.17, 15) is 4.79 Å². The van der Waals surface area contributed by atoms with Crippen molar-refractivity contribution < 1.29 is 9.90 Å². The lowest BCUT2D eigenvalue weighted by molar-refractivity contribution is -0.121. The topological polar surface area (TPSA) is 49.3 Å². The molecule has 0 fully saturated rings. The zero-order valence-electron chi connectivity index (χ0n) is 8.53. The van der Waals surface area contributed by atoms with Crippen molar-refractivity contribution in [3.05, 3.63) is 29.3 Å². The van der Waals surface area contributed by atoms with Gasteiger partial charge in [-0.15, -0.1) is 0 Å². The highest BCUT2D eigenvalue weighted by Gasteiger charge is 2.15. The summed E-state index contributed by atoms with van der Waals surface area (Å²) in [6.07, 6.45) is 0.604. The quantitative estimate of drug-likeness (QED) is 0.829. The van der Waals surface area contributed by atoms with Crippen LogP contribution in [0, 0.1) is 5.92 Å². The van der Waals surface area contributed by atoms with E-state index in [4.69, 9.17) is 16.7 Å². The van der Waals surface area contributed by atoms with Gasteiger partial charge in [-0.1, -0.05) is 30.7 Å². The largest absolute Gasteiger partial charge is 0.396 e. The number of anilines is 1. The first kappa shape index (κ1) is 12.0. The summed E-state index contributed by atoms with van der Waals surface area (Å²) in [6, 6.07) is 7.02. The zero-order chi connectivity index (χ0) is 11.3. The Kier molecular flexibility index (Phi) is 4.59. The highest BCUT2D eigenvalue weighted by molar-refractivity contribution is 6.33. The van der Waals surface area contributed by atoms with E-state index in [1.165, 1.54) is 0 Å². The van der Waals surface area contributed by atoms with Gasteiger partial charge in [0, 0.05) is 0 Å². The van der Waals surface area contributed by atoms with E-state index in [2.05, 4.69) is 5.32 Å². The third-order valence-electron chi connectivity index (χ3n) is 2.22. The van der Waals surface area contributed by atoms with Gasteiger partial charge in [0.1, 0.15) is 0 Å². The van der Waals surface area contributed by atoms with Crippen LogP contribution in [0.4, 0.5) is 5.69 Å². The Morgan fingerprint density at radius 1 is 1.53 bits per heavy atom. The van der Waals surface area contributed by atoms with Crippen molar-refractivity contribution in [3.63, 3.8) is 0 Å². The first-order valence-electron chi connectivity index (χ1n) is 4.85. The number of hydrogen-bond donors (Lipinski definition) is 2. The van der Waals surface area contributed by atoms with Crippen molar-refractivity contribution in [2.75, 3.05) is 11.9 Å². The molecule has 1 rings (SSSR count). The van der Waals surface area contributed by atoms with Crippen molar-refractivity contribution in [2.24, 2.45) is 5.92 Å². The van der Waals surface area contributed by atoms with Crippen LogP contribution in [-0.4, -0.2) is 17.6 Å². The first-order chi connectivity index (χ1) is 7.19. The number of aliphatic hydroxyl groups excluding tert-OH is 1. The van der Waals surface area contributed by atoms with Crippen molar-refractivity contribution >= 4 is 23.2 Å². The van der Waals surface area contributed by atoms with Crippen LogP contribution in [0.2, 0.25) is 5.02 Å². The summed E-state index contributed by atoms with van der Waals surface area (Å²) in [5.41, 5.74) is 0.580. The van der Waals surface area contributed by atoms with E-state index in [0.717, 1.165) is 0 Å². The first-order valence-corrected chi connectivity index (χ1v) is 5.23. The second kappa shape index (κ2) is 5.73. The van der Waals surface area contributed by atoms with E-state index in [0.29, 0.717) is 17.1 Å². The maximum absolute atomic E-state index is 11.6. The lowest BCUT2D eigenvalue weighted by Gasteiger charge is -2.12. The van der Waals surface area contributed by atoms with E-state index >= 15 is 0 Å². The number of para-hydroxylation sites is 1. The summed E-state index contributed by atoms with van der Waals surface area (Å²) in [7, 11) is 0. The van der Waals surface area contributed by atoms with Gasteiger partial charge in [0.15, 0.2) is 0 Å². The number of carbonyl (C=O) groups is 1. The molecule has 1 amide bonds. The molecule has 82 valence electrons. The summed E-state index contributed by atoms with van der Waals surface area (Å²) in [6.45, 7) is 1.71. The standard InChI is InChI=1S/C11H14ClNO2/c1-2-8(7-14)11(15)13-10-6-4-3-5-9(10)12/h3-6,8,14H,2,7H2,1H3,(H,13,15). The minimum Gasteiger partial charge on any atom is -0.396 e. The van der Waals surface area contributed by atoms with E-state index < -0.39 is 0 Å². The molecule has 1 atom stereocenters. The molecular formula is C11H14ClNO2. The second-order valence-corrected chi connectivity index (χ2v) is 3.66. The Balaban J connectivity index is 2.70. The van der Waals surface area contributed by atoms with Crippen molar-refractivity contribution in [2.45, 2.75) is 13.3 Å². The molecule has 0 saturated heterocycles. The number of rotatable bonds is 4. The number of benzene rings is 1. The predicted molar refractivity (Wildman–Crippen MR) is 60.9 cm³/mol. The molecule has 1 aromatic carbocycles. The summed E-state index contributed by atoms with van der Waals surface area (Å²) in [5.74, 6) is -0.575. The van der Waals surface area contributed by atoms with E-state index in [-0.39, 0.29) is 18.4 Å². The molecule has 4 heteroatoms. The highest BCUT2D eigenvalue weighted by Crippen LogP contribution is 2.21. The van der Waals surface area contributed by atoms with Gasteiger partial charge in [0.05, 0.1) is 23.2 Å². The van der Waals surface area contributed by atoms with Crippen LogP contribution in [0.1, 0.15) is 13.3 Å². The molecule has 1 aromatic rings. The predicted octanol–water partition coefficient (Wildman–Crippen LogP) is 2.30. The van der Waals surface area contributed by atoms with Gasteiger partial charge in [-0.25, -0.2) is 0 Å². The lowest BCUT2D eigenvalue weighted by Crippen LogP contribution is -2.25. The fourth-order valence-electron chi connectivity index (χ4n) is 1.19. The van der Waals surface area contributed by atoms with Crippen LogP contribution < -0.4 is 5.32 Å². The van der Waals surface area contributed by atoms with E-state index in [1.807, 2.05) is 6.92 Å². The number of hydrogen-bond acceptors (Lipinski definition) is 2. The van der Waals surface area contributed by atoms with E-state index in [1.54, 1.807) is 24.3 Å². The molecule has 0 spiro atoms. The van der Waals surface area contributed by atoms with Crippen LogP contribution in [0.25, 0.3) is 0 Å². The average molecular weight is 228 g/mol. The molecule has 0 aliphatic heterocycles. The summed E-state index contributed by atoms with van der Waals surface area (Å²) in [5, 5.41) is 12.1. The SMILES string of the molecule is CCC(CO)C(=O)Nc1ccccc1Cl. The minimum atomic E-state index is -0.374. The second-order valence-electron chi connectivity index (χ2n) is 3.26. The monoisotopic (exact) mass is 227 g/mol. The number of nitrogens with one attached hydrogen (secondary N) is 1. The Morgan fingerprint density at radius 2 is 2.20 bits per heavy atom. The van der Waals surface area contributed by atoms with Crippen LogP contribution in [0.15, 0.2) is 24.3 Å². The lowest BCUT2D eigenvalue weighted by atomic mass is 10.1. The van der Waals surface area contributed by atoms with Crippen LogP contribution in [0.5, 0.6) is 0 Å². The summed E-state index contributed by atoms with van der Waals surface area (Å²) < 4.78 is 0. The molecule has 0 aromatic heterocycles. The van der Waals surface area contributed by atoms with Crippen molar-refractivity contribution in [1.29, 1.82) is 0 Å². The van der Waals surface area contributed by atoms with Gasteiger partial charge >= 0.3 is 0 Å². The number of carbonyl (C=O) groups excluding carboxylic acids is 1. The summed E-state index contributed by atoms with van der Waals surface area (Å²) in [4.78, 5) is 11.6. The number of halogens is 1. The molecule has 0 saturated carbocycles. The molecule has 1 unspecified atom stereocenters. The van der Waals surface area contributed by atoms with Crippen molar-refractivity contribution in [1.82, 2.24) is 0 Å². The smallest absolute Gasteiger partial charge is 0.229 e. The number of amides is 1. The Bertz CT molecular complexity index is 337. The van der Waals surface area contributed by atoms with Crippen molar-refractivity contribution in [3.8, 4) is 0 Å². The van der Waals surface area contributed by atoms with Gasteiger partial charge in [-0.2, -0.15) is 0 Å². The third kappa shape index (κ3) is 3.22. The zero-order valence-corrected chi connectivity index (χ0v) is 9.29. The van der Waals surface area contributed by atoms with Gasteiger partial charge < -0.3 is 10.4 Å². The normalized spacial score (nSPS) is 12.2. The molecule has 0 aliphatic carbocycles. The van der Waals surface area contributed by atoms with Gasteiger partial charge in [-0.3, -0.25) is 4.79 Å². The Labute approximate surface area is 94.1 Å². The average Bonchev–Trinajstić information content (AvgIpc) is 2.23. The molecule has 0 heterocycles. The molecule has 0 radical (unpaired) electrons.